The van der Waals surface area contributed by atoms with E-state index in [0.717, 1.165) is 12.5 Å². The summed E-state index contributed by atoms with van der Waals surface area (Å²) in [7, 11) is 0. The van der Waals surface area contributed by atoms with Crippen molar-refractivity contribution in [1.29, 1.82) is 0 Å². The number of allylic oxidation sites excluding steroid dienone is 9. The molecule has 0 atom stereocenters. The van der Waals surface area contributed by atoms with Crippen LogP contribution in [0.5, 0.6) is 0 Å². The lowest BCUT2D eigenvalue weighted by Gasteiger charge is -1.98. The molecule has 0 saturated carbocycles. The Labute approximate surface area is 135 Å². The first-order valence-corrected chi connectivity index (χ1v) is 8.31. The molecule has 0 N–H and O–H groups in total. The minimum Gasteiger partial charge on any atom is -0.545 e. The third-order valence-electron chi connectivity index (χ3n) is 3.12. The van der Waals surface area contributed by atoms with Gasteiger partial charge in [0.2, 0.25) is 0 Å². The third-order valence-corrected chi connectivity index (χ3v) is 3.12. The van der Waals surface area contributed by atoms with Crippen molar-refractivity contribution in [2.45, 2.75) is 58.3 Å². The maximum absolute atomic E-state index is 10.1. The van der Waals surface area contributed by atoms with Gasteiger partial charge in [-0.05, 0) is 18.9 Å². The van der Waals surface area contributed by atoms with E-state index in [1.807, 2.05) is 24.3 Å². The highest BCUT2D eigenvalue weighted by molar-refractivity contribution is 5.77. The predicted octanol–water partition coefficient (Wildman–Crippen LogP) is 4.66. The van der Waals surface area contributed by atoms with E-state index >= 15 is 0 Å². The molecular weight excluding hydrogens is 272 g/mol. The van der Waals surface area contributed by atoms with Gasteiger partial charge in [-0.15, -0.1) is 0 Å². The molecule has 0 aliphatic rings. The number of carbonyl (C=O) groups excluding carboxylic acids is 1. The highest BCUT2D eigenvalue weighted by Crippen LogP contribution is 2.08. The SMILES string of the molecule is CCCCCCCCC\C=C/C=C\C=C\C=C/C=C/C(=O)[O-]. The Balaban J connectivity index is 3.50. The molecule has 2 heteroatoms. The Morgan fingerprint density at radius 3 is 1.82 bits per heavy atom. The topological polar surface area (TPSA) is 40.1 Å². The van der Waals surface area contributed by atoms with Crippen LogP contribution in [0.25, 0.3) is 0 Å². The normalized spacial score (nSPS) is 12.8. The summed E-state index contributed by atoms with van der Waals surface area (Å²) >= 11 is 0. The standard InChI is InChI=1S/C20H30O2/c1-2-3-4-5-6-7-8-9-10-11-12-13-14-15-16-17-18-19-20(21)22/h10-19H,2-9H2,1H3,(H,21,22)/p-1/b11-10-,13-12-,15-14+,17-16-,19-18+. The molecule has 0 aromatic rings. The van der Waals surface area contributed by atoms with Crippen LogP contribution in [0.3, 0.4) is 0 Å². The molecule has 2 nitrogen and oxygen atoms in total. The smallest absolute Gasteiger partial charge is 0.0642 e. The fraction of sp³-hybridized carbons (Fsp3) is 0.450. The molecule has 0 unspecified atom stereocenters. The minimum absolute atomic E-state index is 0.993. The van der Waals surface area contributed by atoms with Gasteiger partial charge in [0.05, 0.1) is 5.97 Å². The van der Waals surface area contributed by atoms with Crippen molar-refractivity contribution in [1.82, 2.24) is 0 Å². The number of carboxylic acids is 1. The average molecular weight is 301 g/mol. The number of rotatable bonds is 13. The Morgan fingerprint density at radius 2 is 1.23 bits per heavy atom. The largest absolute Gasteiger partial charge is 0.545 e. The molecule has 0 aromatic heterocycles. The van der Waals surface area contributed by atoms with Crippen molar-refractivity contribution in [2.24, 2.45) is 0 Å². The molecule has 0 rings (SSSR count). The third kappa shape index (κ3) is 18.2. The van der Waals surface area contributed by atoms with Gasteiger partial charge in [-0.2, -0.15) is 0 Å². The second-order valence-corrected chi connectivity index (χ2v) is 5.17. The molecule has 0 aromatic carbocycles. The molecule has 0 radical (unpaired) electrons. The Bertz CT molecular complexity index is 398. The number of hydrogen-bond acceptors (Lipinski definition) is 2. The lowest BCUT2D eigenvalue weighted by Crippen LogP contribution is -2.18. The Hall–Kier alpha value is -1.83. The second kappa shape index (κ2) is 17.2. The van der Waals surface area contributed by atoms with Gasteiger partial charge < -0.3 is 9.90 Å². The zero-order chi connectivity index (χ0) is 16.3. The molecule has 0 amide bonds. The van der Waals surface area contributed by atoms with Crippen LogP contribution in [-0.4, -0.2) is 5.97 Å². The first-order chi connectivity index (χ1) is 10.8. The fourth-order valence-electron chi connectivity index (χ4n) is 1.91. The van der Waals surface area contributed by atoms with Crippen LogP contribution in [0, 0.1) is 0 Å². The van der Waals surface area contributed by atoms with Gasteiger partial charge in [0.1, 0.15) is 0 Å². The summed E-state index contributed by atoms with van der Waals surface area (Å²) < 4.78 is 0. The lowest BCUT2D eigenvalue weighted by molar-refractivity contribution is -0.297. The van der Waals surface area contributed by atoms with E-state index in [4.69, 9.17) is 0 Å². The number of unbranched alkanes of at least 4 members (excludes halogenated alkanes) is 7. The summed E-state index contributed by atoms with van der Waals surface area (Å²) in [5.41, 5.74) is 0. The highest BCUT2D eigenvalue weighted by Gasteiger charge is 1.88. The molecule has 0 bridgehead atoms. The molecule has 0 heterocycles. The van der Waals surface area contributed by atoms with Crippen molar-refractivity contribution >= 4 is 5.97 Å². The van der Waals surface area contributed by atoms with Gasteiger partial charge in [0, 0.05) is 0 Å². The van der Waals surface area contributed by atoms with Gasteiger partial charge in [-0.1, -0.05) is 100 Å². The maximum atomic E-state index is 10.1. The molecule has 0 spiro atoms. The van der Waals surface area contributed by atoms with E-state index in [9.17, 15) is 9.90 Å². The summed E-state index contributed by atoms with van der Waals surface area (Å²) in [5, 5.41) is 10.1. The van der Waals surface area contributed by atoms with Crippen molar-refractivity contribution < 1.29 is 9.90 Å². The molecule has 22 heavy (non-hydrogen) atoms. The molecule has 0 fully saturated rings. The maximum Gasteiger partial charge on any atom is 0.0642 e. The van der Waals surface area contributed by atoms with E-state index in [-0.39, 0.29) is 0 Å². The summed E-state index contributed by atoms with van der Waals surface area (Å²) in [6.07, 6.45) is 28.4. The van der Waals surface area contributed by atoms with Crippen molar-refractivity contribution in [3.63, 3.8) is 0 Å². The Morgan fingerprint density at radius 1 is 0.727 bits per heavy atom. The minimum atomic E-state index is -1.18. The van der Waals surface area contributed by atoms with Crippen molar-refractivity contribution in [2.75, 3.05) is 0 Å². The molecule has 122 valence electrons. The molecule has 0 aliphatic carbocycles. The van der Waals surface area contributed by atoms with Gasteiger partial charge in [0.25, 0.3) is 0 Å². The Kier molecular flexibility index (Phi) is 15.8. The van der Waals surface area contributed by atoms with E-state index in [2.05, 4.69) is 19.1 Å². The van der Waals surface area contributed by atoms with E-state index in [0.29, 0.717) is 0 Å². The summed E-state index contributed by atoms with van der Waals surface area (Å²) in [6.45, 7) is 2.25. The van der Waals surface area contributed by atoms with Crippen LogP contribution in [0.4, 0.5) is 0 Å². The van der Waals surface area contributed by atoms with Crippen LogP contribution < -0.4 is 5.11 Å². The first-order valence-electron chi connectivity index (χ1n) is 8.31. The predicted molar refractivity (Wildman–Crippen MR) is 93.3 cm³/mol. The summed E-state index contributed by atoms with van der Waals surface area (Å²) in [6, 6.07) is 0. The fourth-order valence-corrected chi connectivity index (χ4v) is 1.91. The number of carboxylic acid groups (broad SMARTS) is 1. The van der Waals surface area contributed by atoms with Gasteiger partial charge in [-0.25, -0.2) is 0 Å². The molecule has 0 saturated heterocycles. The molecular formula is C20H29O2-. The lowest BCUT2D eigenvalue weighted by atomic mass is 10.1. The van der Waals surface area contributed by atoms with E-state index < -0.39 is 5.97 Å². The van der Waals surface area contributed by atoms with Crippen LogP contribution in [-0.2, 0) is 4.79 Å². The van der Waals surface area contributed by atoms with Gasteiger partial charge in [-0.3, -0.25) is 0 Å². The highest BCUT2D eigenvalue weighted by atomic mass is 16.4. The van der Waals surface area contributed by atoms with Gasteiger partial charge in [0.15, 0.2) is 0 Å². The number of hydrogen-bond donors (Lipinski definition) is 0. The molecule has 0 aliphatic heterocycles. The van der Waals surface area contributed by atoms with Crippen LogP contribution >= 0.6 is 0 Å². The van der Waals surface area contributed by atoms with E-state index in [1.165, 1.54) is 51.0 Å². The van der Waals surface area contributed by atoms with Crippen LogP contribution in [0.15, 0.2) is 60.8 Å². The average Bonchev–Trinajstić information content (AvgIpc) is 2.50. The van der Waals surface area contributed by atoms with Crippen molar-refractivity contribution in [3.8, 4) is 0 Å². The number of aliphatic carboxylic acids is 1. The second-order valence-electron chi connectivity index (χ2n) is 5.17. The van der Waals surface area contributed by atoms with Crippen LogP contribution in [0.2, 0.25) is 0 Å². The monoisotopic (exact) mass is 301 g/mol. The zero-order valence-corrected chi connectivity index (χ0v) is 13.7. The van der Waals surface area contributed by atoms with E-state index in [1.54, 1.807) is 12.2 Å². The van der Waals surface area contributed by atoms with Gasteiger partial charge >= 0.3 is 0 Å². The zero-order valence-electron chi connectivity index (χ0n) is 13.7. The summed E-state index contributed by atoms with van der Waals surface area (Å²) in [4.78, 5) is 10.1. The first kappa shape index (κ1) is 20.2. The summed E-state index contributed by atoms with van der Waals surface area (Å²) in [5.74, 6) is -1.18. The number of carbonyl (C=O) groups is 1. The van der Waals surface area contributed by atoms with Crippen molar-refractivity contribution in [3.05, 3.63) is 60.8 Å². The quantitative estimate of drug-likeness (QED) is 0.282. The van der Waals surface area contributed by atoms with Crippen LogP contribution in [0.1, 0.15) is 58.3 Å².